The van der Waals surface area contributed by atoms with Crippen molar-refractivity contribution in [2.24, 2.45) is 11.8 Å². The lowest BCUT2D eigenvalue weighted by atomic mass is 9.81. The van der Waals surface area contributed by atoms with Gasteiger partial charge in [-0.2, -0.15) is 0 Å². The van der Waals surface area contributed by atoms with Gasteiger partial charge in [0.25, 0.3) is 0 Å². The molecule has 2 aliphatic heterocycles. The topological polar surface area (TPSA) is 72.9 Å². The summed E-state index contributed by atoms with van der Waals surface area (Å²) in [5.41, 5.74) is 0. The Bertz CT molecular complexity index is 360. The number of carbonyl (C=O) groups excluding carboxylic acids is 3. The Hall–Kier alpha value is -1.43. The first-order valence-corrected chi connectivity index (χ1v) is 5.94. The minimum absolute atomic E-state index is 0.157. The van der Waals surface area contributed by atoms with Crippen LogP contribution in [0.1, 0.15) is 12.8 Å². The van der Waals surface area contributed by atoms with Crippen LogP contribution >= 0.6 is 0 Å². The Labute approximate surface area is 105 Å². The van der Waals surface area contributed by atoms with Crippen molar-refractivity contribution in [1.29, 1.82) is 0 Å². The van der Waals surface area contributed by atoms with Crippen LogP contribution in [0.25, 0.3) is 0 Å². The van der Waals surface area contributed by atoms with Crippen LogP contribution in [0.5, 0.6) is 0 Å². The van der Waals surface area contributed by atoms with Gasteiger partial charge in [-0.1, -0.05) is 0 Å². The van der Waals surface area contributed by atoms with Crippen LogP contribution in [-0.2, 0) is 23.9 Å². The minimum atomic E-state index is -0.872. The average Bonchev–Trinajstić information content (AvgIpc) is 2.64. The monoisotopic (exact) mass is 255 g/mol. The number of carbonyl (C=O) groups is 3. The molecular weight excluding hydrogens is 238 g/mol. The molecule has 6 nitrogen and oxygen atoms in total. The van der Waals surface area contributed by atoms with E-state index in [2.05, 4.69) is 9.47 Å². The Morgan fingerprint density at radius 2 is 1.44 bits per heavy atom. The summed E-state index contributed by atoms with van der Waals surface area (Å²) in [6.45, 7) is 0. The summed E-state index contributed by atoms with van der Waals surface area (Å²) in [4.78, 5) is 37.7. The highest BCUT2D eigenvalue weighted by molar-refractivity contribution is 6.10. The smallest absolute Gasteiger partial charge is 0.317 e. The number of ketones is 1. The van der Waals surface area contributed by atoms with Gasteiger partial charge in [-0.25, -0.2) is 0 Å². The molecule has 2 heterocycles. The average molecular weight is 255 g/mol. The second-order valence-electron chi connectivity index (χ2n) is 4.78. The first-order chi connectivity index (χ1) is 8.52. The van der Waals surface area contributed by atoms with Crippen LogP contribution in [0.15, 0.2) is 0 Å². The van der Waals surface area contributed by atoms with Crippen LogP contribution in [0.2, 0.25) is 0 Å². The van der Waals surface area contributed by atoms with E-state index in [4.69, 9.17) is 0 Å². The van der Waals surface area contributed by atoms with Gasteiger partial charge in [-0.05, 0) is 19.9 Å². The van der Waals surface area contributed by atoms with Crippen molar-refractivity contribution in [2.75, 3.05) is 21.3 Å². The number of hydrogen-bond acceptors (Lipinski definition) is 6. The molecular formula is C12H17NO5. The lowest BCUT2D eigenvalue weighted by Crippen LogP contribution is -2.57. The third kappa shape index (κ3) is 1.71. The molecule has 0 aromatic carbocycles. The van der Waals surface area contributed by atoms with Crippen LogP contribution in [0.4, 0.5) is 0 Å². The Morgan fingerprint density at radius 3 is 1.78 bits per heavy atom. The van der Waals surface area contributed by atoms with Crippen molar-refractivity contribution in [3.8, 4) is 0 Å². The maximum atomic E-state index is 12.3. The number of Topliss-reactive ketones (excluding diaryl/α,β-unsaturated/α-hetero) is 1. The fourth-order valence-corrected chi connectivity index (χ4v) is 3.17. The molecule has 2 bridgehead atoms. The van der Waals surface area contributed by atoms with Gasteiger partial charge in [0.1, 0.15) is 11.8 Å². The number of methoxy groups -OCH3 is 2. The zero-order valence-electron chi connectivity index (χ0n) is 10.7. The molecule has 6 heteroatoms. The summed E-state index contributed by atoms with van der Waals surface area (Å²) >= 11 is 0. The van der Waals surface area contributed by atoms with Gasteiger partial charge in [0.15, 0.2) is 5.78 Å². The van der Waals surface area contributed by atoms with E-state index < -0.39 is 23.8 Å². The molecule has 2 aliphatic rings. The number of esters is 2. The van der Waals surface area contributed by atoms with Gasteiger partial charge in [-0.3, -0.25) is 19.3 Å². The molecule has 0 saturated carbocycles. The van der Waals surface area contributed by atoms with E-state index in [9.17, 15) is 14.4 Å². The molecule has 0 aliphatic carbocycles. The molecule has 4 atom stereocenters. The summed E-state index contributed by atoms with van der Waals surface area (Å²) in [7, 11) is 4.34. The second-order valence-corrected chi connectivity index (χ2v) is 4.78. The Morgan fingerprint density at radius 1 is 1.06 bits per heavy atom. The summed E-state index contributed by atoms with van der Waals surface area (Å²) in [5, 5.41) is 0. The van der Waals surface area contributed by atoms with E-state index in [1.54, 1.807) is 0 Å². The van der Waals surface area contributed by atoms with Crippen molar-refractivity contribution < 1.29 is 23.9 Å². The number of ether oxygens (including phenoxy) is 2. The van der Waals surface area contributed by atoms with Gasteiger partial charge in [0, 0.05) is 12.1 Å². The normalized spacial score (nSPS) is 35.4. The summed E-state index contributed by atoms with van der Waals surface area (Å²) < 4.78 is 9.36. The molecule has 0 spiro atoms. The molecule has 100 valence electrons. The lowest BCUT2D eigenvalue weighted by molar-refractivity contribution is -0.163. The Balaban J connectivity index is 2.36. The fraction of sp³-hybridized carbons (Fsp3) is 0.750. The van der Waals surface area contributed by atoms with Crippen LogP contribution in [-0.4, -0.2) is 56.0 Å². The summed E-state index contributed by atoms with van der Waals surface area (Å²) in [6, 6.07) is -0.313. The first kappa shape index (κ1) is 13.0. The summed E-state index contributed by atoms with van der Waals surface area (Å²) in [5.74, 6) is -3.23. The van der Waals surface area contributed by atoms with Crippen LogP contribution in [0, 0.1) is 11.8 Å². The van der Waals surface area contributed by atoms with Crippen LogP contribution in [0.3, 0.4) is 0 Å². The van der Waals surface area contributed by atoms with E-state index in [-0.39, 0.29) is 17.9 Å². The quantitative estimate of drug-likeness (QED) is 0.494. The largest absolute Gasteiger partial charge is 0.468 e. The standard InChI is InChI=1S/C12H17NO5/c1-13-6-4-5-7(13)9(12(16)18-3)10(14)8(6)11(15)17-2/h6-9H,4-5H2,1-3H3/t6-,7+,8+,9-. The number of hydrogen-bond donors (Lipinski definition) is 0. The highest BCUT2D eigenvalue weighted by Gasteiger charge is 2.56. The van der Waals surface area contributed by atoms with E-state index in [0.29, 0.717) is 0 Å². The molecule has 0 amide bonds. The molecule has 0 N–H and O–H groups in total. The maximum absolute atomic E-state index is 12.3. The SMILES string of the molecule is COC(=O)[C@@H]1C(=O)[C@H](C(=O)OC)[C@@H]2CC[C@H]1N2C. The summed E-state index contributed by atoms with van der Waals surface area (Å²) in [6.07, 6.45) is 1.44. The van der Waals surface area contributed by atoms with Gasteiger partial charge < -0.3 is 9.47 Å². The number of nitrogens with zero attached hydrogens (tertiary/aromatic N) is 1. The van der Waals surface area contributed by atoms with Crippen molar-refractivity contribution >= 4 is 17.7 Å². The lowest BCUT2D eigenvalue weighted by Gasteiger charge is -2.38. The minimum Gasteiger partial charge on any atom is -0.468 e. The maximum Gasteiger partial charge on any atom is 0.317 e. The molecule has 0 radical (unpaired) electrons. The van der Waals surface area contributed by atoms with Crippen molar-refractivity contribution in [1.82, 2.24) is 4.90 Å². The van der Waals surface area contributed by atoms with E-state index >= 15 is 0 Å². The third-order valence-corrected chi connectivity index (χ3v) is 4.10. The van der Waals surface area contributed by atoms with E-state index in [1.165, 1.54) is 14.2 Å². The molecule has 2 rings (SSSR count). The van der Waals surface area contributed by atoms with Gasteiger partial charge in [0.2, 0.25) is 0 Å². The number of rotatable bonds is 2. The molecule has 0 aromatic rings. The number of piperidine rings is 1. The molecule has 0 aromatic heterocycles. The Kier molecular flexibility index (Phi) is 3.38. The van der Waals surface area contributed by atoms with Gasteiger partial charge in [-0.15, -0.1) is 0 Å². The van der Waals surface area contributed by atoms with E-state index in [0.717, 1.165) is 12.8 Å². The van der Waals surface area contributed by atoms with E-state index in [1.807, 2.05) is 11.9 Å². The third-order valence-electron chi connectivity index (χ3n) is 4.10. The zero-order valence-corrected chi connectivity index (χ0v) is 10.7. The zero-order chi connectivity index (χ0) is 13.4. The highest BCUT2D eigenvalue weighted by atomic mass is 16.5. The van der Waals surface area contributed by atoms with Crippen molar-refractivity contribution in [2.45, 2.75) is 24.9 Å². The predicted octanol–water partition coefficient (Wildman–Crippen LogP) is -0.390. The highest BCUT2D eigenvalue weighted by Crippen LogP contribution is 2.40. The van der Waals surface area contributed by atoms with Crippen molar-refractivity contribution in [3.63, 3.8) is 0 Å². The fourth-order valence-electron chi connectivity index (χ4n) is 3.17. The van der Waals surface area contributed by atoms with Gasteiger partial charge in [0.05, 0.1) is 14.2 Å². The first-order valence-electron chi connectivity index (χ1n) is 5.94. The molecule has 2 fully saturated rings. The predicted molar refractivity (Wildman–Crippen MR) is 60.6 cm³/mol. The molecule has 2 saturated heterocycles. The molecule has 18 heavy (non-hydrogen) atoms. The second kappa shape index (κ2) is 4.68. The molecule has 0 unspecified atom stereocenters. The van der Waals surface area contributed by atoms with Crippen LogP contribution < -0.4 is 0 Å². The number of fused-ring (bicyclic) bond motifs is 2. The van der Waals surface area contributed by atoms with Gasteiger partial charge >= 0.3 is 11.9 Å². The van der Waals surface area contributed by atoms with Crippen molar-refractivity contribution in [3.05, 3.63) is 0 Å².